The van der Waals surface area contributed by atoms with Gasteiger partial charge in [-0.3, -0.25) is 14.2 Å². The summed E-state index contributed by atoms with van der Waals surface area (Å²) in [7, 11) is 1.17. The van der Waals surface area contributed by atoms with Gasteiger partial charge < -0.3 is 27.9 Å². The Morgan fingerprint density at radius 2 is 0.859 bits per heavy atom. The summed E-state index contributed by atoms with van der Waals surface area (Å²) in [5.74, 6) is -0.838. The first-order valence-electron chi connectivity index (χ1n) is 27.0. The minimum absolute atomic E-state index is 0.0316. The smallest absolute Gasteiger partial charge is 0.306 e. The number of hydrogen-bond donors (Lipinski definition) is 0. The lowest BCUT2D eigenvalue weighted by Crippen LogP contribution is -2.37. The topological polar surface area (TPSA) is 111 Å². The highest BCUT2D eigenvalue weighted by atomic mass is 31.2. The number of rotatable bonds is 50. The normalized spacial score (nSPS) is 13.5. The van der Waals surface area contributed by atoms with E-state index in [1.165, 1.54) is 161 Å². The van der Waals surface area contributed by atoms with Crippen LogP contribution in [0, 0.1) is 0 Å². The standard InChI is InChI=1S/C54H104NO8P/c1-6-8-10-12-14-16-18-20-22-23-24-25-26-27-28-29-30-31-32-33-35-36-38-40-42-44-46-53(56)60-50-52(51-62-64(58,59)61-49-48-55(3,4)5)63-54(57)47-45-43-41-39-37-34-21-19-17-15-13-11-9-7-2/h13,15,19,21,52H,6-12,14,16-18,20,22-51H2,1-5H3/b15-13-,21-19-. The molecule has 0 spiro atoms. The molecule has 0 aromatic heterocycles. The van der Waals surface area contributed by atoms with Gasteiger partial charge in [0.1, 0.15) is 19.8 Å². The molecule has 10 heteroatoms. The van der Waals surface area contributed by atoms with Gasteiger partial charge in [-0.1, -0.05) is 231 Å². The molecule has 0 fully saturated rings. The molecule has 378 valence electrons. The third kappa shape index (κ3) is 49.9. The van der Waals surface area contributed by atoms with Gasteiger partial charge in [-0.2, -0.15) is 0 Å². The summed E-state index contributed by atoms with van der Waals surface area (Å²) in [6, 6.07) is 0. The van der Waals surface area contributed by atoms with Crippen LogP contribution in [0.4, 0.5) is 0 Å². The molecule has 0 bridgehead atoms. The molecule has 0 heterocycles. The summed E-state index contributed by atoms with van der Waals surface area (Å²) < 4.78 is 34.0. The number of phosphoric acid groups is 1. The Balaban J connectivity index is 4.09. The highest BCUT2D eigenvalue weighted by Gasteiger charge is 2.21. The number of carbonyl (C=O) groups is 2. The number of nitrogens with zero attached hydrogens (tertiary/aromatic N) is 1. The van der Waals surface area contributed by atoms with Crippen LogP contribution in [0.15, 0.2) is 24.3 Å². The second kappa shape index (κ2) is 46.6. The van der Waals surface area contributed by atoms with Crippen LogP contribution in [0.25, 0.3) is 0 Å². The van der Waals surface area contributed by atoms with Crippen LogP contribution in [0.2, 0.25) is 0 Å². The zero-order valence-electron chi connectivity index (χ0n) is 42.7. The fourth-order valence-corrected chi connectivity index (χ4v) is 8.46. The number of carbonyl (C=O) groups excluding carboxylic acids is 2. The third-order valence-corrected chi connectivity index (χ3v) is 12.9. The van der Waals surface area contributed by atoms with E-state index in [4.69, 9.17) is 18.5 Å². The van der Waals surface area contributed by atoms with Crippen molar-refractivity contribution in [2.45, 2.75) is 264 Å². The lowest BCUT2D eigenvalue weighted by molar-refractivity contribution is -0.870. The first-order valence-corrected chi connectivity index (χ1v) is 28.5. The zero-order chi connectivity index (χ0) is 47.1. The Kier molecular flexibility index (Phi) is 45.5. The molecule has 0 aromatic carbocycles. The van der Waals surface area contributed by atoms with Crippen molar-refractivity contribution in [1.29, 1.82) is 0 Å². The van der Waals surface area contributed by atoms with Gasteiger partial charge in [0, 0.05) is 12.8 Å². The van der Waals surface area contributed by atoms with Crippen LogP contribution in [0.3, 0.4) is 0 Å². The lowest BCUT2D eigenvalue weighted by atomic mass is 10.0. The number of quaternary nitrogens is 1. The molecule has 64 heavy (non-hydrogen) atoms. The fraction of sp³-hybridized carbons (Fsp3) is 0.889. The second-order valence-electron chi connectivity index (χ2n) is 19.6. The fourth-order valence-electron chi connectivity index (χ4n) is 7.73. The molecule has 0 N–H and O–H groups in total. The van der Waals surface area contributed by atoms with Crippen molar-refractivity contribution < 1.29 is 42.1 Å². The molecule has 9 nitrogen and oxygen atoms in total. The number of ether oxygens (including phenoxy) is 2. The molecular weight excluding hydrogens is 822 g/mol. The predicted octanol–water partition coefficient (Wildman–Crippen LogP) is 15.6. The number of likely N-dealkylation sites (N-methyl/N-ethyl adjacent to an activating group) is 1. The Bertz CT molecular complexity index is 1140. The van der Waals surface area contributed by atoms with Crippen molar-refractivity contribution in [1.82, 2.24) is 0 Å². The van der Waals surface area contributed by atoms with Gasteiger partial charge in [0.05, 0.1) is 27.7 Å². The van der Waals surface area contributed by atoms with E-state index >= 15 is 0 Å². The zero-order valence-corrected chi connectivity index (χ0v) is 43.6. The van der Waals surface area contributed by atoms with Gasteiger partial charge in [-0.15, -0.1) is 0 Å². The molecule has 0 aliphatic rings. The summed E-state index contributed by atoms with van der Waals surface area (Å²) in [5, 5.41) is 0. The van der Waals surface area contributed by atoms with E-state index in [1.807, 2.05) is 21.1 Å². The highest BCUT2D eigenvalue weighted by Crippen LogP contribution is 2.38. The molecule has 0 saturated carbocycles. The summed E-state index contributed by atoms with van der Waals surface area (Å²) in [5.41, 5.74) is 0. The number of allylic oxidation sites excluding steroid dienone is 4. The minimum Gasteiger partial charge on any atom is -0.756 e. The Morgan fingerprint density at radius 1 is 0.484 bits per heavy atom. The van der Waals surface area contributed by atoms with E-state index in [9.17, 15) is 19.0 Å². The van der Waals surface area contributed by atoms with E-state index < -0.39 is 26.5 Å². The first kappa shape index (κ1) is 62.5. The summed E-state index contributed by atoms with van der Waals surface area (Å²) in [4.78, 5) is 37.7. The summed E-state index contributed by atoms with van der Waals surface area (Å²) >= 11 is 0. The largest absolute Gasteiger partial charge is 0.756 e. The van der Waals surface area contributed by atoms with Crippen molar-refractivity contribution in [2.24, 2.45) is 0 Å². The first-order chi connectivity index (χ1) is 31.0. The van der Waals surface area contributed by atoms with Crippen molar-refractivity contribution in [3.8, 4) is 0 Å². The number of esters is 2. The Hall–Kier alpha value is -1.51. The molecule has 0 aromatic rings. The van der Waals surface area contributed by atoms with E-state index in [2.05, 4.69) is 38.2 Å². The maximum Gasteiger partial charge on any atom is 0.306 e. The van der Waals surface area contributed by atoms with Crippen LogP contribution in [-0.2, 0) is 32.7 Å². The number of hydrogen-bond acceptors (Lipinski definition) is 8. The highest BCUT2D eigenvalue weighted by molar-refractivity contribution is 7.45. The van der Waals surface area contributed by atoms with Gasteiger partial charge in [0.2, 0.25) is 0 Å². The van der Waals surface area contributed by atoms with Gasteiger partial charge in [0.25, 0.3) is 7.82 Å². The van der Waals surface area contributed by atoms with Crippen LogP contribution in [0.1, 0.15) is 258 Å². The van der Waals surface area contributed by atoms with Crippen LogP contribution in [-0.4, -0.2) is 70.0 Å². The summed E-state index contributed by atoms with van der Waals surface area (Å²) in [6.45, 7) is 4.21. The number of phosphoric ester groups is 1. The molecule has 0 saturated heterocycles. The molecule has 0 aliphatic carbocycles. The van der Waals surface area contributed by atoms with E-state index in [0.29, 0.717) is 17.4 Å². The predicted molar refractivity (Wildman–Crippen MR) is 268 cm³/mol. The average molecular weight is 926 g/mol. The van der Waals surface area contributed by atoms with Gasteiger partial charge >= 0.3 is 11.9 Å². The van der Waals surface area contributed by atoms with Crippen LogP contribution in [0.5, 0.6) is 0 Å². The molecule has 0 radical (unpaired) electrons. The maximum absolute atomic E-state index is 12.7. The lowest BCUT2D eigenvalue weighted by Gasteiger charge is -2.28. The SMILES string of the molecule is CCCC/C=C\C/C=C\CCCCCCCC(=O)OC(COC(=O)CCCCCCCCCCCCCCCCCCCCCCCCCCCC)COP(=O)([O-])OCC[N+](C)(C)C. The third-order valence-electron chi connectivity index (χ3n) is 12.0. The van der Waals surface area contributed by atoms with Crippen molar-refractivity contribution in [3.05, 3.63) is 24.3 Å². The minimum atomic E-state index is -4.63. The average Bonchev–Trinajstić information content (AvgIpc) is 3.25. The molecular formula is C54H104NO8P. The molecule has 2 atom stereocenters. The van der Waals surface area contributed by atoms with Crippen LogP contribution >= 0.6 is 7.82 Å². The van der Waals surface area contributed by atoms with E-state index in [-0.39, 0.29) is 32.0 Å². The second-order valence-corrected chi connectivity index (χ2v) is 21.0. The number of unbranched alkanes of at least 4 members (excludes halogenated alkanes) is 32. The quantitative estimate of drug-likeness (QED) is 0.0195. The summed E-state index contributed by atoms with van der Waals surface area (Å²) in [6.07, 6.45) is 53.7. The molecule has 0 rings (SSSR count). The molecule has 0 aliphatic heterocycles. The van der Waals surface area contributed by atoms with Crippen LogP contribution < -0.4 is 4.89 Å². The van der Waals surface area contributed by atoms with Gasteiger partial charge in [-0.05, 0) is 38.5 Å². The molecule has 0 amide bonds. The van der Waals surface area contributed by atoms with Gasteiger partial charge in [0.15, 0.2) is 6.10 Å². The van der Waals surface area contributed by atoms with E-state index in [0.717, 1.165) is 64.2 Å². The Labute approximate surface area is 396 Å². The van der Waals surface area contributed by atoms with Gasteiger partial charge in [-0.25, -0.2) is 0 Å². The Morgan fingerprint density at radius 3 is 1.28 bits per heavy atom. The van der Waals surface area contributed by atoms with Crippen molar-refractivity contribution >= 4 is 19.8 Å². The van der Waals surface area contributed by atoms with Crippen molar-refractivity contribution in [2.75, 3.05) is 47.5 Å². The maximum atomic E-state index is 12.7. The van der Waals surface area contributed by atoms with Crippen molar-refractivity contribution in [3.63, 3.8) is 0 Å². The molecule has 2 unspecified atom stereocenters. The van der Waals surface area contributed by atoms with E-state index in [1.54, 1.807) is 0 Å². The monoisotopic (exact) mass is 926 g/mol.